The molecule has 0 amide bonds. The number of aliphatic hydroxyl groups is 4. The van der Waals surface area contributed by atoms with Crippen molar-refractivity contribution < 1.29 is 39.5 Å². The van der Waals surface area contributed by atoms with Crippen LogP contribution in [0.3, 0.4) is 0 Å². The van der Waals surface area contributed by atoms with Crippen LogP contribution in [0, 0.1) is 28.6 Å². The van der Waals surface area contributed by atoms with Gasteiger partial charge in [0.15, 0.2) is 0 Å². The minimum Gasteiger partial charge on any atom is -0.462 e. The van der Waals surface area contributed by atoms with E-state index in [9.17, 15) is 30.0 Å². The molecule has 10 unspecified atom stereocenters. The maximum absolute atomic E-state index is 12.2. The lowest BCUT2D eigenvalue weighted by Gasteiger charge is -2.51. The van der Waals surface area contributed by atoms with Gasteiger partial charge in [-0.05, 0) is 51.9 Å². The van der Waals surface area contributed by atoms with Crippen LogP contribution in [0.2, 0.25) is 0 Å². The third kappa shape index (κ3) is 2.88. The van der Waals surface area contributed by atoms with E-state index >= 15 is 0 Å². The molecule has 182 valence electrons. The van der Waals surface area contributed by atoms with Gasteiger partial charge in [-0.1, -0.05) is 13.8 Å². The Hall–Kier alpha value is -1.22. The lowest BCUT2D eigenvalue weighted by Crippen LogP contribution is -2.61. The minimum absolute atomic E-state index is 0.126. The lowest BCUT2D eigenvalue weighted by atomic mass is 9.57. The first kappa shape index (κ1) is 23.9. The van der Waals surface area contributed by atoms with Crippen molar-refractivity contribution in [3.05, 3.63) is 0 Å². The van der Waals surface area contributed by atoms with E-state index < -0.39 is 69.7 Å². The number of carbonyl (C=O) groups excluding carboxylic acids is 2. The van der Waals surface area contributed by atoms with Crippen molar-refractivity contribution in [3.63, 3.8) is 0 Å². The van der Waals surface area contributed by atoms with Crippen molar-refractivity contribution in [2.45, 2.75) is 109 Å². The molecule has 2 bridgehead atoms. The van der Waals surface area contributed by atoms with Gasteiger partial charge >= 0.3 is 11.9 Å². The second-order valence-corrected chi connectivity index (χ2v) is 11.9. The predicted octanol–water partition coefficient (Wildman–Crippen LogP) is 1.31. The Balaban J connectivity index is 1.95. The molecule has 32 heavy (non-hydrogen) atoms. The molecule has 0 aromatic rings. The molecule has 0 saturated heterocycles. The molecule has 0 radical (unpaired) electrons. The number of aliphatic hydroxyl groups excluding tert-OH is 1. The first-order chi connectivity index (χ1) is 14.5. The van der Waals surface area contributed by atoms with Gasteiger partial charge in [0.1, 0.15) is 17.8 Å². The number of esters is 2. The summed E-state index contributed by atoms with van der Waals surface area (Å²) in [6.07, 6.45) is -0.950. The fourth-order valence-corrected chi connectivity index (χ4v) is 8.44. The highest BCUT2D eigenvalue weighted by atomic mass is 16.6. The summed E-state index contributed by atoms with van der Waals surface area (Å²) in [5, 5.41) is 46.6. The Morgan fingerprint density at radius 1 is 0.906 bits per heavy atom. The summed E-state index contributed by atoms with van der Waals surface area (Å²) >= 11 is 0. The zero-order chi connectivity index (χ0) is 24.1. The van der Waals surface area contributed by atoms with Crippen LogP contribution in [0.4, 0.5) is 0 Å². The Morgan fingerprint density at radius 3 is 2.06 bits per heavy atom. The molecule has 4 aliphatic rings. The Labute approximate surface area is 189 Å². The smallest absolute Gasteiger partial charge is 0.303 e. The lowest BCUT2D eigenvalue weighted by molar-refractivity contribution is -0.213. The summed E-state index contributed by atoms with van der Waals surface area (Å²) in [5.74, 6) is -2.56. The number of hydrogen-bond acceptors (Lipinski definition) is 8. The van der Waals surface area contributed by atoms with Crippen LogP contribution in [-0.2, 0) is 19.1 Å². The molecule has 4 fully saturated rings. The average molecular weight is 455 g/mol. The molecule has 0 aromatic carbocycles. The van der Waals surface area contributed by atoms with Crippen LogP contribution in [0.15, 0.2) is 0 Å². The number of rotatable bonds is 2. The highest BCUT2D eigenvalue weighted by molar-refractivity contribution is 5.67. The predicted molar refractivity (Wildman–Crippen MR) is 113 cm³/mol. The number of carbonyl (C=O) groups is 2. The highest BCUT2D eigenvalue weighted by Gasteiger charge is 2.77. The maximum atomic E-state index is 12.2. The summed E-state index contributed by atoms with van der Waals surface area (Å²) in [4.78, 5) is 24.3. The van der Waals surface area contributed by atoms with Crippen LogP contribution in [-0.4, -0.2) is 67.5 Å². The quantitative estimate of drug-likeness (QED) is 0.459. The number of ether oxygens (including phenoxy) is 2. The number of hydrogen-bond donors (Lipinski definition) is 4. The van der Waals surface area contributed by atoms with E-state index in [1.807, 2.05) is 0 Å². The molecule has 1 spiro atoms. The molecule has 0 aliphatic heterocycles. The van der Waals surface area contributed by atoms with E-state index in [1.165, 1.54) is 13.8 Å². The van der Waals surface area contributed by atoms with Gasteiger partial charge in [-0.3, -0.25) is 9.59 Å². The van der Waals surface area contributed by atoms with Gasteiger partial charge in [0.2, 0.25) is 0 Å². The normalized spacial score (nSPS) is 53.7. The molecule has 8 heteroatoms. The fourth-order valence-electron chi connectivity index (χ4n) is 8.44. The van der Waals surface area contributed by atoms with Crippen LogP contribution in [0.25, 0.3) is 0 Å². The standard InChI is InChI=1S/C24H38O8/c1-12(25)31-18-10-23-11-21(5,28)14(19(23)32-13(2)26)7-8-15(23)22(6,29)16-9-17(27)20(3,4)24(16,18)30/h14-19,27-30H,7-11H2,1-6H3. The van der Waals surface area contributed by atoms with E-state index in [0.717, 1.165) is 0 Å². The molecule has 4 rings (SSSR count). The van der Waals surface area contributed by atoms with Crippen molar-refractivity contribution >= 4 is 11.9 Å². The summed E-state index contributed by atoms with van der Waals surface area (Å²) < 4.78 is 11.6. The fraction of sp³-hybridized carbons (Fsp3) is 0.917. The molecule has 0 aromatic heterocycles. The first-order valence-corrected chi connectivity index (χ1v) is 11.7. The summed E-state index contributed by atoms with van der Waals surface area (Å²) in [5.41, 5.74) is -6.25. The zero-order valence-electron chi connectivity index (χ0n) is 19.9. The van der Waals surface area contributed by atoms with Gasteiger partial charge in [-0.2, -0.15) is 0 Å². The van der Waals surface area contributed by atoms with Gasteiger partial charge < -0.3 is 29.9 Å². The molecule has 8 nitrogen and oxygen atoms in total. The summed E-state index contributed by atoms with van der Waals surface area (Å²) in [6, 6.07) is 0. The number of fused-ring (bicyclic) bond motifs is 2. The molecule has 4 N–H and O–H groups in total. The monoisotopic (exact) mass is 454 g/mol. The minimum atomic E-state index is -1.71. The highest BCUT2D eigenvalue weighted by Crippen LogP contribution is 2.70. The summed E-state index contributed by atoms with van der Waals surface area (Å²) in [6.45, 7) is 9.47. The molecule has 4 aliphatic carbocycles. The van der Waals surface area contributed by atoms with Crippen LogP contribution >= 0.6 is 0 Å². The second-order valence-electron chi connectivity index (χ2n) is 11.9. The zero-order valence-corrected chi connectivity index (χ0v) is 19.9. The Kier molecular flexibility index (Phi) is 5.16. The van der Waals surface area contributed by atoms with Gasteiger partial charge in [-0.15, -0.1) is 0 Å². The second kappa shape index (κ2) is 6.90. The third-order valence-electron chi connectivity index (χ3n) is 9.80. The maximum Gasteiger partial charge on any atom is 0.303 e. The largest absolute Gasteiger partial charge is 0.462 e. The van der Waals surface area contributed by atoms with Crippen molar-refractivity contribution in [3.8, 4) is 0 Å². The van der Waals surface area contributed by atoms with Gasteiger partial charge in [0.05, 0.1) is 17.3 Å². The molecular formula is C24H38O8. The van der Waals surface area contributed by atoms with Crippen molar-refractivity contribution in [1.29, 1.82) is 0 Å². The van der Waals surface area contributed by atoms with E-state index in [1.54, 1.807) is 27.7 Å². The first-order valence-electron chi connectivity index (χ1n) is 11.7. The van der Waals surface area contributed by atoms with E-state index in [0.29, 0.717) is 12.8 Å². The van der Waals surface area contributed by atoms with Crippen LogP contribution in [0.5, 0.6) is 0 Å². The van der Waals surface area contributed by atoms with Gasteiger partial charge in [0.25, 0.3) is 0 Å². The van der Waals surface area contributed by atoms with Crippen LogP contribution < -0.4 is 0 Å². The average Bonchev–Trinajstić information content (AvgIpc) is 2.86. The van der Waals surface area contributed by atoms with E-state index in [-0.39, 0.29) is 25.2 Å². The SMILES string of the molecule is CC(=O)OC1C2CCC3C(C)(O)C4CC(O)C(C)(C)C4(O)C(OC(C)=O)CC13CC2(C)O. The Bertz CT molecular complexity index is 819. The molecule has 10 atom stereocenters. The van der Waals surface area contributed by atoms with Gasteiger partial charge in [0, 0.05) is 36.5 Å². The Morgan fingerprint density at radius 2 is 1.50 bits per heavy atom. The van der Waals surface area contributed by atoms with Crippen molar-refractivity contribution in [1.82, 2.24) is 0 Å². The molecular weight excluding hydrogens is 416 g/mol. The topological polar surface area (TPSA) is 134 Å². The molecule has 4 saturated carbocycles. The summed E-state index contributed by atoms with van der Waals surface area (Å²) in [7, 11) is 0. The third-order valence-corrected chi connectivity index (χ3v) is 9.80. The van der Waals surface area contributed by atoms with Crippen molar-refractivity contribution in [2.24, 2.45) is 28.6 Å². The molecule has 0 heterocycles. The van der Waals surface area contributed by atoms with E-state index in [4.69, 9.17) is 9.47 Å². The van der Waals surface area contributed by atoms with Crippen LogP contribution in [0.1, 0.15) is 73.6 Å². The van der Waals surface area contributed by atoms with E-state index in [2.05, 4.69) is 0 Å². The van der Waals surface area contributed by atoms with Gasteiger partial charge in [-0.25, -0.2) is 0 Å². The van der Waals surface area contributed by atoms with Crippen molar-refractivity contribution in [2.75, 3.05) is 0 Å².